The number of hydrogen-bond donors (Lipinski definition) is 0. The van der Waals surface area contributed by atoms with Crippen molar-refractivity contribution in [3.05, 3.63) is 271 Å². The summed E-state index contributed by atoms with van der Waals surface area (Å²) >= 11 is 0. The van der Waals surface area contributed by atoms with E-state index >= 15 is 0 Å². The minimum absolute atomic E-state index is 0.104. The van der Waals surface area contributed by atoms with Crippen molar-refractivity contribution in [2.45, 2.75) is 5.41 Å². The Morgan fingerprint density at radius 1 is 0.317 bits per heavy atom. The predicted octanol–water partition coefficient (Wildman–Crippen LogP) is 15.7. The molecule has 0 amide bonds. The van der Waals surface area contributed by atoms with Gasteiger partial charge >= 0.3 is 0 Å². The van der Waals surface area contributed by atoms with Crippen LogP contribution in [0.2, 0.25) is 0 Å². The number of anilines is 3. The van der Waals surface area contributed by atoms with E-state index < -0.39 is 41.7 Å². The second kappa shape index (κ2) is 14.9. The van der Waals surface area contributed by atoms with Crippen molar-refractivity contribution in [1.29, 1.82) is 0 Å². The molecule has 0 N–H and O–H groups in total. The molecule has 0 aliphatic heterocycles. The minimum Gasteiger partial charge on any atom is -0.310 e. The van der Waals surface area contributed by atoms with Crippen LogP contribution in [0, 0.1) is 0 Å². The molecule has 1 heteroatoms. The van der Waals surface area contributed by atoms with Gasteiger partial charge in [0.05, 0.1) is 19.1 Å². The monoisotopic (exact) mass is 773 g/mol. The summed E-state index contributed by atoms with van der Waals surface area (Å²) in [5.74, 6) is 0. The highest BCUT2D eigenvalue weighted by atomic mass is 15.1. The van der Waals surface area contributed by atoms with E-state index in [1.54, 1.807) is 24.3 Å². The lowest BCUT2D eigenvalue weighted by Crippen LogP contribution is -2.28. The average Bonchev–Trinajstić information content (AvgIpc) is 3.70. The van der Waals surface area contributed by atoms with Crippen molar-refractivity contribution >= 4 is 27.8 Å². The molecule has 1 aliphatic carbocycles. The Kier molecular flexibility index (Phi) is 6.53. The van der Waals surface area contributed by atoms with Gasteiger partial charge in [-0.25, -0.2) is 0 Å². The maximum absolute atomic E-state index is 8.59. The van der Waals surface area contributed by atoms with Crippen molar-refractivity contribution < 1.29 is 13.7 Å². The number of fused-ring (bicyclic) bond motifs is 4. The van der Waals surface area contributed by atoms with Gasteiger partial charge in [-0.2, -0.15) is 0 Å². The molecule has 0 saturated heterocycles. The first kappa shape index (κ1) is 26.3. The summed E-state index contributed by atoms with van der Waals surface area (Å²) in [5, 5.41) is 2.00. The molecular formula is C59H41N. The van der Waals surface area contributed by atoms with Crippen LogP contribution in [0.3, 0.4) is 0 Å². The van der Waals surface area contributed by atoms with Crippen molar-refractivity contribution in [1.82, 2.24) is 0 Å². The standard InChI is InChI=1S/C59H41N/c1-5-15-42(16-6-1)44-27-33-52(34-28-44)60(53-35-29-45(30-36-53)43-17-7-2-8-18-43)54-37-31-47-39-46(25-26-48(47)40-54)49-32-38-56-55-23-13-14-24-57(55)59(58(56)41-49,50-19-9-3-10-20-50)51-21-11-4-12-22-51/h1-41H/i1D,2D,5D,6D,7D,8D,15D,16D,17D,18D. The fraction of sp³-hybridized carbons (Fsp3) is 0.0169. The minimum atomic E-state index is -0.528. The molecule has 10 aromatic carbocycles. The van der Waals surface area contributed by atoms with Crippen LogP contribution in [0.25, 0.3) is 55.3 Å². The molecule has 60 heavy (non-hydrogen) atoms. The molecule has 0 aromatic heterocycles. The largest absolute Gasteiger partial charge is 0.310 e. The summed E-state index contributed by atoms with van der Waals surface area (Å²) in [6.45, 7) is 0. The Labute approximate surface area is 366 Å². The highest BCUT2D eigenvalue weighted by Crippen LogP contribution is 2.56. The molecule has 1 aliphatic rings. The first-order valence-corrected chi connectivity index (χ1v) is 19.9. The molecule has 1 nitrogen and oxygen atoms in total. The first-order chi connectivity index (χ1) is 33.9. The summed E-state index contributed by atoms with van der Waals surface area (Å²) in [7, 11) is 0. The molecule has 0 heterocycles. The van der Waals surface area contributed by atoms with Gasteiger partial charge in [0.15, 0.2) is 0 Å². The zero-order chi connectivity index (χ0) is 48.6. The SMILES string of the molecule is [2H]c1c([2H])c([2H])c(-c2ccc(N(c3ccc(-c4c([2H])c([2H])c([2H])c([2H])c4[2H])cc3)c3ccc4cc(-c5ccc6c(c5)C(c5ccccc5)(c5ccccc5)c5ccccc5-6)ccc4c3)cc2)c([2H])c1[2H]. The fourth-order valence-electron chi connectivity index (χ4n) is 8.97. The summed E-state index contributed by atoms with van der Waals surface area (Å²) in [5.41, 5.74) is 12.3. The van der Waals surface area contributed by atoms with Gasteiger partial charge in [0.1, 0.15) is 0 Å². The van der Waals surface area contributed by atoms with Gasteiger partial charge in [-0.3, -0.25) is 0 Å². The lowest BCUT2D eigenvalue weighted by molar-refractivity contribution is 0.769. The van der Waals surface area contributed by atoms with E-state index in [2.05, 4.69) is 133 Å². The summed E-state index contributed by atoms with van der Waals surface area (Å²) in [4.78, 5) is 2.02. The Bertz CT molecular complexity index is 3500. The number of nitrogens with zero attached hydrogens (tertiary/aromatic N) is 1. The maximum Gasteiger partial charge on any atom is 0.0713 e. The Morgan fingerprint density at radius 3 is 1.37 bits per heavy atom. The molecule has 0 saturated carbocycles. The first-order valence-electron chi connectivity index (χ1n) is 24.9. The van der Waals surface area contributed by atoms with Crippen LogP contribution in [0.15, 0.2) is 248 Å². The van der Waals surface area contributed by atoms with Gasteiger partial charge in [-0.15, -0.1) is 0 Å². The van der Waals surface area contributed by atoms with E-state index in [4.69, 9.17) is 13.7 Å². The van der Waals surface area contributed by atoms with Crippen LogP contribution in [-0.2, 0) is 5.41 Å². The topological polar surface area (TPSA) is 3.24 Å². The normalized spacial score (nSPS) is 14.8. The maximum atomic E-state index is 8.59. The highest BCUT2D eigenvalue weighted by Gasteiger charge is 2.46. The number of hydrogen-bond acceptors (Lipinski definition) is 1. The Morgan fingerprint density at radius 2 is 0.767 bits per heavy atom. The second-order valence-corrected chi connectivity index (χ2v) is 15.0. The zero-order valence-corrected chi connectivity index (χ0v) is 32.3. The third-order valence-corrected chi connectivity index (χ3v) is 11.7. The van der Waals surface area contributed by atoms with Gasteiger partial charge in [0.2, 0.25) is 0 Å². The van der Waals surface area contributed by atoms with E-state index in [1.165, 1.54) is 33.4 Å². The summed E-state index contributed by atoms with van der Waals surface area (Å²) < 4.78 is 83.6. The van der Waals surface area contributed by atoms with Crippen molar-refractivity contribution in [2.75, 3.05) is 4.90 Å². The van der Waals surface area contributed by atoms with Crippen LogP contribution in [0.1, 0.15) is 36.0 Å². The summed E-state index contributed by atoms with van der Waals surface area (Å²) in [6.07, 6.45) is 0. The number of benzene rings is 10. The molecule has 0 spiro atoms. The molecule has 11 rings (SSSR count). The van der Waals surface area contributed by atoms with Gasteiger partial charge in [-0.05, 0) is 126 Å². The molecular weight excluding hydrogens is 723 g/mol. The van der Waals surface area contributed by atoms with Crippen molar-refractivity contribution in [3.63, 3.8) is 0 Å². The number of rotatable bonds is 8. The van der Waals surface area contributed by atoms with E-state index in [0.717, 1.165) is 27.6 Å². The van der Waals surface area contributed by atoms with Crippen LogP contribution in [0.4, 0.5) is 17.1 Å². The second-order valence-electron chi connectivity index (χ2n) is 15.0. The Hall–Kier alpha value is -7.74. The van der Waals surface area contributed by atoms with Crippen LogP contribution in [0.5, 0.6) is 0 Å². The van der Waals surface area contributed by atoms with Gasteiger partial charge in [0, 0.05) is 17.1 Å². The quantitative estimate of drug-likeness (QED) is 0.149. The van der Waals surface area contributed by atoms with E-state index in [-0.39, 0.29) is 35.3 Å². The molecule has 0 bridgehead atoms. The summed E-state index contributed by atoms with van der Waals surface area (Å²) in [6, 6.07) is 60.4. The average molecular weight is 774 g/mol. The molecule has 0 unspecified atom stereocenters. The van der Waals surface area contributed by atoms with Crippen LogP contribution < -0.4 is 4.90 Å². The molecule has 10 aromatic rings. The van der Waals surface area contributed by atoms with Gasteiger partial charge in [0.25, 0.3) is 0 Å². The van der Waals surface area contributed by atoms with Crippen LogP contribution >= 0.6 is 0 Å². The highest BCUT2D eigenvalue weighted by molar-refractivity contribution is 5.94. The molecule has 0 fully saturated rings. The fourth-order valence-corrected chi connectivity index (χ4v) is 8.97. The van der Waals surface area contributed by atoms with Crippen molar-refractivity contribution in [3.8, 4) is 44.5 Å². The van der Waals surface area contributed by atoms with E-state index in [0.29, 0.717) is 22.5 Å². The smallest absolute Gasteiger partial charge is 0.0713 e. The molecule has 282 valence electrons. The lowest BCUT2D eigenvalue weighted by atomic mass is 9.67. The molecule has 0 radical (unpaired) electrons. The predicted molar refractivity (Wildman–Crippen MR) is 252 cm³/mol. The Balaban J connectivity index is 1.02. The van der Waals surface area contributed by atoms with Crippen molar-refractivity contribution in [2.24, 2.45) is 0 Å². The van der Waals surface area contributed by atoms with Crippen LogP contribution in [-0.4, -0.2) is 0 Å². The van der Waals surface area contributed by atoms with Gasteiger partial charge in [-0.1, -0.05) is 200 Å². The third-order valence-electron chi connectivity index (χ3n) is 11.7. The zero-order valence-electron chi connectivity index (χ0n) is 42.3. The molecule has 0 atom stereocenters. The van der Waals surface area contributed by atoms with Gasteiger partial charge < -0.3 is 4.90 Å². The van der Waals surface area contributed by atoms with E-state index in [9.17, 15) is 0 Å². The lowest BCUT2D eigenvalue weighted by Gasteiger charge is -2.34. The van der Waals surface area contributed by atoms with E-state index in [1.807, 2.05) is 35.2 Å². The third kappa shape index (κ3) is 6.03.